The highest BCUT2D eigenvalue weighted by atomic mass is 16.5. The number of aryl methyl sites for hydroxylation is 1. The van der Waals surface area contributed by atoms with Crippen molar-refractivity contribution < 1.29 is 9.53 Å². The molecule has 3 nitrogen and oxygen atoms in total. The van der Waals surface area contributed by atoms with Gasteiger partial charge < -0.3 is 4.74 Å². The van der Waals surface area contributed by atoms with E-state index in [1.54, 1.807) is 0 Å². The number of hydrogen-bond donors (Lipinski definition) is 0. The minimum Gasteiger partial charge on any atom is -0.377 e. The average molecular weight is 247 g/mol. The summed E-state index contributed by atoms with van der Waals surface area (Å²) in [6.07, 6.45) is 1.24. The number of ether oxygens (including phenoxy) is 1. The Bertz CT molecular complexity index is 430. The van der Waals surface area contributed by atoms with E-state index in [9.17, 15) is 4.79 Å². The van der Waals surface area contributed by atoms with Gasteiger partial charge in [0.1, 0.15) is 0 Å². The molecule has 0 N–H and O–H groups in total. The van der Waals surface area contributed by atoms with Gasteiger partial charge in [0.05, 0.1) is 12.6 Å². The van der Waals surface area contributed by atoms with E-state index in [1.807, 2.05) is 38.2 Å². The maximum absolute atomic E-state index is 12.2. The third kappa shape index (κ3) is 2.98. The molecule has 1 aliphatic heterocycles. The summed E-state index contributed by atoms with van der Waals surface area (Å²) >= 11 is 0. The lowest BCUT2D eigenvalue weighted by Gasteiger charge is -2.25. The maximum atomic E-state index is 12.2. The van der Waals surface area contributed by atoms with Gasteiger partial charge in [0, 0.05) is 18.2 Å². The van der Waals surface area contributed by atoms with Crippen molar-refractivity contribution in [2.75, 3.05) is 20.2 Å². The van der Waals surface area contributed by atoms with Crippen LogP contribution in [0.3, 0.4) is 0 Å². The van der Waals surface area contributed by atoms with Crippen LogP contribution >= 0.6 is 0 Å². The van der Waals surface area contributed by atoms with Gasteiger partial charge in [-0.1, -0.05) is 23.8 Å². The molecule has 0 radical (unpaired) electrons. The standard InChI is InChI=1S/C15H21NO2/c1-11-5-4-6-13(9-11)15(17)10-16(3)14-7-8-18-12(14)2/h4-6,9,12,14H,7-8,10H2,1-3H3. The van der Waals surface area contributed by atoms with E-state index < -0.39 is 0 Å². The first-order valence-electron chi connectivity index (χ1n) is 6.49. The monoisotopic (exact) mass is 247 g/mol. The van der Waals surface area contributed by atoms with Crippen LogP contribution in [-0.4, -0.2) is 43.0 Å². The van der Waals surface area contributed by atoms with Crippen molar-refractivity contribution in [3.63, 3.8) is 0 Å². The fourth-order valence-corrected chi connectivity index (χ4v) is 2.55. The number of likely N-dealkylation sites (N-methyl/N-ethyl adjacent to an activating group) is 1. The van der Waals surface area contributed by atoms with Crippen molar-refractivity contribution in [1.29, 1.82) is 0 Å². The molecule has 3 heteroatoms. The number of benzene rings is 1. The van der Waals surface area contributed by atoms with E-state index in [4.69, 9.17) is 4.74 Å². The Morgan fingerprint density at radius 3 is 2.89 bits per heavy atom. The van der Waals surface area contributed by atoms with Gasteiger partial charge in [-0.2, -0.15) is 0 Å². The Labute approximate surface area is 109 Å². The number of hydrogen-bond acceptors (Lipinski definition) is 3. The second kappa shape index (κ2) is 5.63. The van der Waals surface area contributed by atoms with Gasteiger partial charge in [0.2, 0.25) is 0 Å². The van der Waals surface area contributed by atoms with Crippen LogP contribution in [-0.2, 0) is 4.74 Å². The number of Topliss-reactive ketones (excluding diaryl/α,β-unsaturated/α-hetero) is 1. The van der Waals surface area contributed by atoms with Gasteiger partial charge in [-0.05, 0) is 33.4 Å². The third-order valence-electron chi connectivity index (χ3n) is 3.64. The van der Waals surface area contributed by atoms with Crippen LogP contribution < -0.4 is 0 Å². The summed E-state index contributed by atoms with van der Waals surface area (Å²) in [7, 11) is 2.00. The molecule has 0 bridgehead atoms. The first kappa shape index (κ1) is 13.2. The zero-order valence-corrected chi connectivity index (χ0v) is 11.3. The second-order valence-electron chi connectivity index (χ2n) is 5.14. The fraction of sp³-hybridized carbons (Fsp3) is 0.533. The number of nitrogens with zero attached hydrogens (tertiary/aromatic N) is 1. The molecule has 18 heavy (non-hydrogen) atoms. The fourth-order valence-electron chi connectivity index (χ4n) is 2.55. The molecule has 2 atom stereocenters. The van der Waals surface area contributed by atoms with Crippen LogP contribution in [0.2, 0.25) is 0 Å². The van der Waals surface area contributed by atoms with Crippen LogP contribution in [0.5, 0.6) is 0 Å². The minimum atomic E-state index is 0.181. The lowest BCUT2D eigenvalue weighted by atomic mass is 10.1. The Balaban J connectivity index is 1.99. The predicted octanol–water partition coefficient (Wildman–Crippen LogP) is 2.29. The molecule has 1 heterocycles. The van der Waals surface area contributed by atoms with Gasteiger partial charge in [0.15, 0.2) is 5.78 Å². The number of carbonyl (C=O) groups excluding carboxylic acids is 1. The molecule has 0 aliphatic carbocycles. The van der Waals surface area contributed by atoms with Gasteiger partial charge in [-0.3, -0.25) is 9.69 Å². The molecule has 1 fully saturated rings. The second-order valence-corrected chi connectivity index (χ2v) is 5.14. The SMILES string of the molecule is Cc1cccc(C(=O)CN(C)C2CCOC2C)c1. The van der Waals surface area contributed by atoms with Crippen molar-refractivity contribution in [1.82, 2.24) is 4.90 Å². The minimum absolute atomic E-state index is 0.181. The molecule has 2 unspecified atom stereocenters. The third-order valence-corrected chi connectivity index (χ3v) is 3.64. The molecule has 98 valence electrons. The first-order chi connectivity index (χ1) is 8.58. The van der Waals surface area contributed by atoms with Crippen molar-refractivity contribution in [2.24, 2.45) is 0 Å². The van der Waals surface area contributed by atoms with Crippen molar-refractivity contribution >= 4 is 5.78 Å². The van der Waals surface area contributed by atoms with E-state index in [2.05, 4.69) is 11.8 Å². The summed E-state index contributed by atoms with van der Waals surface area (Å²) in [5, 5.41) is 0. The highest BCUT2D eigenvalue weighted by Crippen LogP contribution is 2.18. The summed E-state index contributed by atoms with van der Waals surface area (Å²) in [6, 6.07) is 8.14. The quantitative estimate of drug-likeness (QED) is 0.765. The summed E-state index contributed by atoms with van der Waals surface area (Å²) in [4.78, 5) is 14.3. The lowest BCUT2D eigenvalue weighted by Crippen LogP contribution is -2.39. The van der Waals surface area contributed by atoms with Gasteiger partial charge in [-0.25, -0.2) is 0 Å². The molecule has 1 aromatic rings. The zero-order valence-electron chi connectivity index (χ0n) is 11.3. The molecule has 1 aromatic carbocycles. The van der Waals surface area contributed by atoms with Crippen molar-refractivity contribution in [3.05, 3.63) is 35.4 Å². The summed E-state index contributed by atoms with van der Waals surface area (Å²) in [6.45, 7) is 5.34. The van der Waals surface area contributed by atoms with E-state index in [0.717, 1.165) is 24.2 Å². The molecule has 1 aliphatic rings. The summed E-state index contributed by atoms with van der Waals surface area (Å²) in [5.74, 6) is 0.181. The molecular weight excluding hydrogens is 226 g/mol. The average Bonchev–Trinajstić information content (AvgIpc) is 2.75. The van der Waals surface area contributed by atoms with Crippen LogP contribution in [0.1, 0.15) is 29.3 Å². The van der Waals surface area contributed by atoms with E-state index in [0.29, 0.717) is 12.6 Å². The number of ketones is 1. The molecule has 1 saturated heterocycles. The number of carbonyl (C=O) groups is 1. The van der Waals surface area contributed by atoms with Crippen molar-refractivity contribution in [3.8, 4) is 0 Å². The Hall–Kier alpha value is -1.19. The molecule has 0 spiro atoms. The van der Waals surface area contributed by atoms with E-state index >= 15 is 0 Å². The lowest BCUT2D eigenvalue weighted by molar-refractivity contribution is 0.0745. The van der Waals surface area contributed by atoms with Crippen LogP contribution in [0.15, 0.2) is 24.3 Å². The normalized spacial score (nSPS) is 23.6. The number of rotatable bonds is 4. The smallest absolute Gasteiger partial charge is 0.176 e. The van der Waals surface area contributed by atoms with Gasteiger partial charge >= 0.3 is 0 Å². The molecule has 0 aromatic heterocycles. The Kier molecular flexibility index (Phi) is 4.15. The highest BCUT2D eigenvalue weighted by molar-refractivity contribution is 5.97. The topological polar surface area (TPSA) is 29.5 Å². The Morgan fingerprint density at radius 1 is 1.50 bits per heavy atom. The predicted molar refractivity (Wildman–Crippen MR) is 72.0 cm³/mol. The molecule has 0 amide bonds. The first-order valence-corrected chi connectivity index (χ1v) is 6.49. The Morgan fingerprint density at radius 2 is 2.28 bits per heavy atom. The van der Waals surface area contributed by atoms with E-state index in [-0.39, 0.29) is 11.9 Å². The molecular formula is C15H21NO2. The highest BCUT2D eigenvalue weighted by Gasteiger charge is 2.28. The van der Waals surface area contributed by atoms with Crippen molar-refractivity contribution in [2.45, 2.75) is 32.4 Å². The molecule has 2 rings (SSSR count). The summed E-state index contributed by atoms with van der Waals surface area (Å²) < 4.78 is 5.54. The maximum Gasteiger partial charge on any atom is 0.176 e. The van der Waals surface area contributed by atoms with Gasteiger partial charge in [-0.15, -0.1) is 0 Å². The largest absolute Gasteiger partial charge is 0.377 e. The summed E-state index contributed by atoms with van der Waals surface area (Å²) in [5.41, 5.74) is 1.93. The van der Waals surface area contributed by atoms with Crippen LogP contribution in [0.4, 0.5) is 0 Å². The van der Waals surface area contributed by atoms with Gasteiger partial charge in [0.25, 0.3) is 0 Å². The van der Waals surface area contributed by atoms with Crippen LogP contribution in [0.25, 0.3) is 0 Å². The van der Waals surface area contributed by atoms with E-state index in [1.165, 1.54) is 0 Å². The van der Waals surface area contributed by atoms with Crippen LogP contribution in [0, 0.1) is 6.92 Å². The molecule has 0 saturated carbocycles. The zero-order chi connectivity index (χ0) is 13.1.